The monoisotopic (exact) mass is 322 g/mol. The molecule has 1 saturated carbocycles. The molecule has 0 nitrogen and oxygen atoms in total. The van der Waals surface area contributed by atoms with E-state index in [1.54, 1.807) is 18.3 Å². The molecule has 0 amide bonds. The molecule has 0 saturated heterocycles. The number of rotatable bonds is 4. The van der Waals surface area contributed by atoms with Crippen LogP contribution in [0.2, 0.25) is 0 Å². The fourth-order valence-electron chi connectivity index (χ4n) is 3.86. The molecule has 120 valence electrons. The SMILES string of the molecule is CCCC1CCC(c2cc3ccc(C)c(C(F)F)c3s2)CC1. The van der Waals surface area contributed by atoms with Crippen LogP contribution in [0.3, 0.4) is 0 Å². The van der Waals surface area contributed by atoms with E-state index in [1.807, 2.05) is 12.1 Å². The van der Waals surface area contributed by atoms with Gasteiger partial charge in [0, 0.05) is 15.1 Å². The Bertz CT molecular complexity index is 636. The van der Waals surface area contributed by atoms with E-state index in [-0.39, 0.29) is 5.56 Å². The standard InChI is InChI=1S/C19H24F2S/c1-3-4-13-6-9-14(10-7-13)16-11-15-8-5-12(2)17(19(20)21)18(15)22-16/h5,8,11,13-14,19H,3-4,6-7,9-10H2,1-2H3. The zero-order chi connectivity index (χ0) is 15.7. The van der Waals surface area contributed by atoms with Gasteiger partial charge in [0.1, 0.15) is 0 Å². The highest BCUT2D eigenvalue weighted by molar-refractivity contribution is 7.19. The molecule has 0 aliphatic heterocycles. The van der Waals surface area contributed by atoms with Gasteiger partial charge in [-0.2, -0.15) is 0 Å². The summed E-state index contributed by atoms with van der Waals surface area (Å²) >= 11 is 1.61. The first-order chi connectivity index (χ1) is 10.6. The smallest absolute Gasteiger partial charge is 0.205 e. The van der Waals surface area contributed by atoms with Gasteiger partial charge < -0.3 is 0 Å². The van der Waals surface area contributed by atoms with Crippen molar-refractivity contribution in [3.05, 3.63) is 34.2 Å². The fraction of sp³-hybridized carbons (Fsp3) is 0.579. The number of alkyl halides is 2. The molecule has 2 aromatic rings. The Morgan fingerprint density at radius 3 is 2.55 bits per heavy atom. The van der Waals surface area contributed by atoms with Gasteiger partial charge in [-0.1, -0.05) is 31.9 Å². The van der Waals surface area contributed by atoms with Gasteiger partial charge in [0.25, 0.3) is 6.43 Å². The van der Waals surface area contributed by atoms with Crippen molar-refractivity contribution in [3.63, 3.8) is 0 Å². The largest absolute Gasteiger partial charge is 0.265 e. The third-order valence-corrected chi connectivity index (χ3v) is 6.47. The van der Waals surface area contributed by atoms with E-state index in [0.717, 1.165) is 16.0 Å². The number of halogens is 2. The average Bonchev–Trinajstić information content (AvgIpc) is 2.91. The zero-order valence-electron chi connectivity index (χ0n) is 13.4. The highest BCUT2D eigenvalue weighted by Crippen LogP contribution is 2.44. The second kappa shape index (κ2) is 6.66. The quantitative estimate of drug-likeness (QED) is 0.557. The Morgan fingerprint density at radius 2 is 1.91 bits per heavy atom. The van der Waals surface area contributed by atoms with Crippen LogP contribution < -0.4 is 0 Å². The van der Waals surface area contributed by atoms with E-state index in [2.05, 4.69) is 13.0 Å². The van der Waals surface area contributed by atoms with Crippen LogP contribution in [0, 0.1) is 12.8 Å². The van der Waals surface area contributed by atoms with Crippen molar-refractivity contribution in [2.75, 3.05) is 0 Å². The van der Waals surface area contributed by atoms with Gasteiger partial charge in [-0.25, -0.2) is 8.78 Å². The lowest BCUT2D eigenvalue weighted by molar-refractivity contribution is 0.152. The molecular formula is C19H24F2S. The lowest BCUT2D eigenvalue weighted by Gasteiger charge is -2.27. The second-order valence-electron chi connectivity index (χ2n) is 6.67. The minimum absolute atomic E-state index is 0.244. The van der Waals surface area contributed by atoms with Crippen molar-refractivity contribution in [2.45, 2.75) is 64.7 Å². The Balaban J connectivity index is 1.85. The molecule has 3 rings (SSSR count). The summed E-state index contributed by atoms with van der Waals surface area (Å²) < 4.78 is 27.5. The molecule has 0 N–H and O–H groups in total. The van der Waals surface area contributed by atoms with Gasteiger partial charge in [-0.05, 0) is 61.5 Å². The van der Waals surface area contributed by atoms with E-state index in [4.69, 9.17) is 0 Å². The molecule has 0 radical (unpaired) electrons. The predicted octanol–water partition coefficient (Wildman–Crippen LogP) is 7.22. The van der Waals surface area contributed by atoms with Gasteiger partial charge in [-0.3, -0.25) is 0 Å². The van der Waals surface area contributed by atoms with Crippen molar-refractivity contribution >= 4 is 21.4 Å². The van der Waals surface area contributed by atoms with Crippen LogP contribution in [0.5, 0.6) is 0 Å². The molecule has 1 aliphatic rings. The molecule has 1 aromatic carbocycles. The Kier molecular flexibility index (Phi) is 4.82. The van der Waals surface area contributed by atoms with E-state index < -0.39 is 6.43 Å². The molecule has 1 aliphatic carbocycles. The third-order valence-electron chi connectivity index (χ3n) is 5.13. The first-order valence-corrected chi connectivity index (χ1v) is 9.22. The molecule has 0 atom stereocenters. The van der Waals surface area contributed by atoms with Crippen LogP contribution in [0.4, 0.5) is 8.78 Å². The zero-order valence-corrected chi connectivity index (χ0v) is 14.2. The van der Waals surface area contributed by atoms with Crippen molar-refractivity contribution in [2.24, 2.45) is 5.92 Å². The topological polar surface area (TPSA) is 0 Å². The summed E-state index contributed by atoms with van der Waals surface area (Å²) in [5.74, 6) is 1.46. The average molecular weight is 322 g/mol. The number of hydrogen-bond donors (Lipinski definition) is 0. The minimum atomic E-state index is -2.38. The van der Waals surface area contributed by atoms with Crippen molar-refractivity contribution < 1.29 is 8.78 Å². The molecule has 0 unspecified atom stereocenters. The molecule has 3 heteroatoms. The molecule has 1 fully saturated rings. The number of hydrogen-bond acceptors (Lipinski definition) is 1. The van der Waals surface area contributed by atoms with E-state index in [1.165, 1.54) is 43.4 Å². The van der Waals surface area contributed by atoms with Gasteiger partial charge in [0.05, 0.1) is 0 Å². The highest BCUT2D eigenvalue weighted by Gasteiger charge is 2.24. The maximum Gasteiger partial charge on any atom is 0.265 e. The van der Waals surface area contributed by atoms with E-state index in [0.29, 0.717) is 11.5 Å². The molecule has 0 bridgehead atoms. The number of thiophene rings is 1. The number of benzene rings is 1. The summed E-state index contributed by atoms with van der Waals surface area (Å²) in [6.07, 6.45) is 5.28. The minimum Gasteiger partial charge on any atom is -0.205 e. The lowest BCUT2D eigenvalue weighted by atomic mass is 9.79. The summed E-state index contributed by atoms with van der Waals surface area (Å²) in [4.78, 5) is 1.32. The normalized spacial score (nSPS) is 22.6. The van der Waals surface area contributed by atoms with Crippen LogP contribution in [-0.2, 0) is 0 Å². The van der Waals surface area contributed by atoms with Gasteiger partial charge in [0.15, 0.2) is 0 Å². The summed E-state index contributed by atoms with van der Waals surface area (Å²) in [5, 5.41) is 0.997. The van der Waals surface area contributed by atoms with Crippen LogP contribution in [-0.4, -0.2) is 0 Å². The summed E-state index contributed by atoms with van der Waals surface area (Å²) in [6.45, 7) is 4.04. The summed E-state index contributed by atoms with van der Waals surface area (Å²) in [7, 11) is 0. The molecule has 1 aromatic heterocycles. The molecule has 0 spiro atoms. The van der Waals surface area contributed by atoms with Gasteiger partial charge in [-0.15, -0.1) is 11.3 Å². The van der Waals surface area contributed by atoms with Crippen LogP contribution in [0.1, 0.15) is 73.8 Å². The predicted molar refractivity (Wildman–Crippen MR) is 91.1 cm³/mol. The molecule has 22 heavy (non-hydrogen) atoms. The Morgan fingerprint density at radius 1 is 1.18 bits per heavy atom. The highest BCUT2D eigenvalue weighted by atomic mass is 32.1. The van der Waals surface area contributed by atoms with Crippen LogP contribution in [0.25, 0.3) is 10.1 Å². The maximum absolute atomic E-state index is 13.4. The van der Waals surface area contributed by atoms with Gasteiger partial charge >= 0.3 is 0 Å². The summed E-state index contributed by atoms with van der Waals surface area (Å²) in [6, 6.07) is 5.99. The van der Waals surface area contributed by atoms with Crippen LogP contribution >= 0.6 is 11.3 Å². The summed E-state index contributed by atoms with van der Waals surface area (Å²) in [5.41, 5.74) is 0.955. The third kappa shape index (κ3) is 3.05. The van der Waals surface area contributed by atoms with E-state index >= 15 is 0 Å². The van der Waals surface area contributed by atoms with Crippen LogP contribution in [0.15, 0.2) is 18.2 Å². The Hall–Kier alpha value is -0.960. The molecule has 1 heterocycles. The Labute approximate surface area is 135 Å². The maximum atomic E-state index is 13.4. The van der Waals surface area contributed by atoms with E-state index in [9.17, 15) is 8.78 Å². The van der Waals surface area contributed by atoms with Crippen molar-refractivity contribution in [1.82, 2.24) is 0 Å². The fourth-order valence-corrected chi connectivity index (χ4v) is 5.29. The lowest BCUT2D eigenvalue weighted by Crippen LogP contribution is -2.12. The first-order valence-electron chi connectivity index (χ1n) is 8.41. The number of aryl methyl sites for hydroxylation is 1. The van der Waals surface area contributed by atoms with Gasteiger partial charge in [0.2, 0.25) is 0 Å². The molecular weight excluding hydrogens is 298 g/mol. The van der Waals surface area contributed by atoms with Crippen molar-refractivity contribution in [3.8, 4) is 0 Å². The number of fused-ring (bicyclic) bond motifs is 1. The van der Waals surface area contributed by atoms with Crippen molar-refractivity contribution in [1.29, 1.82) is 0 Å². The second-order valence-corrected chi connectivity index (χ2v) is 7.75. The first kappa shape index (κ1) is 15.9.